The predicted molar refractivity (Wildman–Crippen MR) is 82.6 cm³/mol. The van der Waals surface area contributed by atoms with Gasteiger partial charge in [0.1, 0.15) is 0 Å². The van der Waals surface area contributed by atoms with Crippen LogP contribution in [0.2, 0.25) is 0 Å². The standard InChI is InChI=1S/C15H21N3O4/c1-18(2)14(19)10-7-22-8-13(10)17-12-6-9(15(20)21-3)4-5-11(12)16/h4-6,10,13,17H,7-8,16H2,1-3H3/t10-,13+/m1/s1. The molecule has 2 atom stereocenters. The van der Waals surface area contributed by atoms with Gasteiger partial charge in [0.15, 0.2) is 0 Å². The van der Waals surface area contributed by atoms with E-state index in [0.717, 1.165) is 0 Å². The van der Waals surface area contributed by atoms with E-state index in [1.165, 1.54) is 7.11 Å². The molecule has 2 rings (SSSR count). The Balaban J connectivity index is 2.19. The minimum atomic E-state index is -0.438. The van der Waals surface area contributed by atoms with Gasteiger partial charge in [-0.05, 0) is 18.2 Å². The lowest BCUT2D eigenvalue weighted by Crippen LogP contribution is -2.39. The normalized spacial score (nSPS) is 20.5. The molecule has 1 saturated heterocycles. The number of ether oxygens (including phenoxy) is 2. The van der Waals surface area contributed by atoms with Crippen molar-refractivity contribution >= 4 is 23.3 Å². The molecule has 7 nitrogen and oxygen atoms in total. The molecule has 1 heterocycles. The Hall–Kier alpha value is -2.28. The molecule has 120 valence electrons. The highest BCUT2D eigenvalue weighted by atomic mass is 16.5. The highest BCUT2D eigenvalue weighted by Gasteiger charge is 2.35. The monoisotopic (exact) mass is 307 g/mol. The summed E-state index contributed by atoms with van der Waals surface area (Å²) in [5, 5.41) is 3.21. The van der Waals surface area contributed by atoms with E-state index in [9.17, 15) is 9.59 Å². The Morgan fingerprint density at radius 3 is 2.73 bits per heavy atom. The Morgan fingerprint density at radius 1 is 1.36 bits per heavy atom. The minimum absolute atomic E-state index is 0.00214. The lowest BCUT2D eigenvalue weighted by atomic mass is 10.0. The number of nitrogen functional groups attached to an aromatic ring is 1. The molecule has 1 aromatic carbocycles. The molecular weight excluding hydrogens is 286 g/mol. The summed E-state index contributed by atoms with van der Waals surface area (Å²) in [6.45, 7) is 0.775. The largest absolute Gasteiger partial charge is 0.465 e. The van der Waals surface area contributed by atoms with E-state index in [2.05, 4.69) is 5.32 Å². The number of hydrogen-bond acceptors (Lipinski definition) is 6. The second-order valence-electron chi connectivity index (χ2n) is 5.42. The number of methoxy groups -OCH3 is 1. The topological polar surface area (TPSA) is 93.9 Å². The zero-order chi connectivity index (χ0) is 16.3. The van der Waals surface area contributed by atoms with Crippen molar-refractivity contribution in [1.82, 2.24) is 4.90 Å². The van der Waals surface area contributed by atoms with Gasteiger partial charge in [0.05, 0.1) is 49.2 Å². The van der Waals surface area contributed by atoms with Crippen LogP contribution in [0.15, 0.2) is 18.2 Å². The lowest BCUT2D eigenvalue weighted by molar-refractivity contribution is -0.133. The second kappa shape index (κ2) is 6.65. The van der Waals surface area contributed by atoms with Crippen molar-refractivity contribution < 1.29 is 19.1 Å². The smallest absolute Gasteiger partial charge is 0.337 e. The highest BCUT2D eigenvalue weighted by molar-refractivity contribution is 5.92. The molecule has 7 heteroatoms. The van der Waals surface area contributed by atoms with Gasteiger partial charge < -0.3 is 25.4 Å². The fraction of sp³-hybridized carbons (Fsp3) is 0.467. The molecule has 0 aromatic heterocycles. The fourth-order valence-corrected chi connectivity index (χ4v) is 2.40. The summed E-state index contributed by atoms with van der Waals surface area (Å²) in [5.74, 6) is -0.722. The molecular formula is C15H21N3O4. The highest BCUT2D eigenvalue weighted by Crippen LogP contribution is 2.26. The number of anilines is 2. The van der Waals surface area contributed by atoms with Gasteiger partial charge in [-0.3, -0.25) is 4.79 Å². The summed E-state index contributed by atoms with van der Waals surface area (Å²) >= 11 is 0. The first kappa shape index (κ1) is 16.1. The Kier molecular flexibility index (Phi) is 4.87. The molecule has 0 unspecified atom stereocenters. The van der Waals surface area contributed by atoms with Crippen LogP contribution >= 0.6 is 0 Å². The SMILES string of the molecule is COC(=O)c1ccc(N)c(N[C@H]2COC[C@H]2C(=O)N(C)C)c1. The molecule has 1 aliphatic heterocycles. The summed E-state index contributed by atoms with van der Waals surface area (Å²) < 4.78 is 10.1. The summed E-state index contributed by atoms with van der Waals surface area (Å²) in [6, 6.07) is 4.66. The zero-order valence-corrected chi connectivity index (χ0v) is 13.0. The number of nitrogens with one attached hydrogen (secondary N) is 1. The van der Waals surface area contributed by atoms with Gasteiger partial charge >= 0.3 is 5.97 Å². The molecule has 0 radical (unpaired) electrons. The third-order valence-corrected chi connectivity index (χ3v) is 3.65. The van der Waals surface area contributed by atoms with E-state index in [1.807, 2.05) is 0 Å². The molecule has 0 bridgehead atoms. The minimum Gasteiger partial charge on any atom is -0.465 e. The molecule has 3 N–H and O–H groups in total. The van der Waals surface area contributed by atoms with Crippen molar-refractivity contribution in [2.24, 2.45) is 5.92 Å². The van der Waals surface area contributed by atoms with Crippen LogP contribution in [0.4, 0.5) is 11.4 Å². The van der Waals surface area contributed by atoms with Gasteiger partial charge in [-0.2, -0.15) is 0 Å². The quantitative estimate of drug-likeness (QED) is 0.624. The molecule has 0 spiro atoms. The van der Waals surface area contributed by atoms with Gasteiger partial charge in [-0.15, -0.1) is 0 Å². The Bertz CT molecular complexity index is 574. The average Bonchev–Trinajstić information content (AvgIpc) is 2.95. The zero-order valence-electron chi connectivity index (χ0n) is 13.0. The first-order valence-corrected chi connectivity index (χ1v) is 6.97. The van der Waals surface area contributed by atoms with Crippen LogP contribution in [0.5, 0.6) is 0 Å². The van der Waals surface area contributed by atoms with Crippen LogP contribution in [-0.2, 0) is 14.3 Å². The van der Waals surface area contributed by atoms with Gasteiger partial charge in [0.25, 0.3) is 0 Å². The Morgan fingerprint density at radius 2 is 2.09 bits per heavy atom. The van der Waals surface area contributed by atoms with E-state index in [0.29, 0.717) is 30.2 Å². The van der Waals surface area contributed by atoms with E-state index in [4.69, 9.17) is 15.2 Å². The number of nitrogens with zero attached hydrogens (tertiary/aromatic N) is 1. The van der Waals surface area contributed by atoms with Gasteiger partial charge in [-0.1, -0.05) is 0 Å². The summed E-state index contributed by atoms with van der Waals surface area (Å²) in [6.07, 6.45) is 0. The van der Waals surface area contributed by atoms with Crippen molar-refractivity contribution in [3.63, 3.8) is 0 Å². The van der Waals surface area contributed by atoms with E-state index in [-0.39, 0.29) is 17.9 Å². The molecule has 1 amide bonds. The van der Waals surface area contributed by atoms with E-state index in [1.54, 1.807) is 37.2 Å². The lowest BCUT2D eigenvalue weighted by Gasteiger charge is -2.23. The molecule has 22 heavy (non-hydrogen) atoms. The van der Waals surface area contributed by atoms with Gasteiger partial charge in [0.2, 0.25) is 5.91 Å². The van der Waals surface area contributed by atoms with Crippen LogP contribution < -0.4 is 11.1 Å². The Labute approximate surface area is 129 Å². The number of amides is 1. The maximum atomic E-state index is 12.2. The number of carbonyl (C=O) groups excluding carboxylic acids is 2. The first-order valence-electron chi connectivity index (χ1n) is 6.97. The number of hydrogen-bond donors (Lipinski definition) is 2. The summed E-state index contributed by atoms with van der Waals surface area (Å²) in [5.41, 5.74) is 7.43. The molecule has 1 fully saturated rings. The first-order chi connectivity index (χ1) is 10.4. The van der Waals surface area contributed by atoms with E-state index >= 15 is 0 Å². The van der Waals surface area contributed by atoms with Crippen LogP contribution in [0.3, 0.4) is 0 Å². The third kappa shape index (κ3) is 3.30. The molecule has 1 aromatic rings. The van der Waals surface area contributed by atoms with Crippen molar-refractivity contribution in [2.45, 2.75) is 6.04 Å². The number of carbonyl (C=O) groups is 2. The maximum absolute atomic E-state index is 12.2. The number of benzene rings is 1. The van der Waals surface area contributed by atoms with Crippen molar-refractivity contribution in [2.75, 3.05) is 45.5 Å². The molecule has 0 saturated carbocycles. The van der Waals surface area contributed by atoms with Crippen molar-refractivity contribution in [3.8, 4) is 0 Å². The number of nitrogens with two attached hydrogens (primary N) is 1. The van der Waals surface area contributed by atoms with Crippen LogP contribution in [0.1, 0.15) is 10.4 Å². The fourth-order valence-electron chi connectivity index (χ4n) is 2.40. The summed E-state index contributed by atoms with van der Waals surface area (Å²) in [7, 11) is 4.75. The molecule has 0 aliphatic carbocycles. The number of rotatable bonds is 4. The number of esters is 1. The predicted octanol–water partition coefficient (Wildman–Crippen LogP) is 0.571. The third-order valence-electron chi connectivity index (χ3n) is 3.65. The van der Waals surface area contributed by atoms with Crippen LogP contribution in [0.25, 0.3) is 0 Å². The summed E-state index contributed by atoms with van der Waals surface area (Å²) in [4.78, 5) is 25.3. The van der Waals surface area contributed by atoms with E-state index < -0.39 is 5.97 Å². The van der Waals surface area contributed by atoms with Crippen LogP contribution in [0, 0.1) is 5.92 Å². The van der Waals surface area contributed by atoms with Gasteiger partial charge in [-0.25, -0.2) is 4.79 Å². The second-order valence-corrected chi connectivity index (χ2v) is 5.42. The van der Waals surface area contributed by atoms with Crippen molar-refractivity contribution in [3.05, 3.63) is 23.8 Å². The maximum Gasteiger partial charge on any atom is 0.337 e. The average molecular weight is 307 g/mol. The van der Waals surface area contributed by atoms with Gasteiger partial charge in [0, 0.05) is 14.1 Å². The van der Waals surface area contributed by atoms with Crippen molar-refractivity contribution in [1.29, 1.82) is 0 Å². The van der Waals surface area contributed by atoms with Crippen LogP contribution in [-0.4, -0.2) is 57.2 Å². The molecule has 1 aliphatic rings.